The number of halogens is 2. The molecule has 1 aromatic heterocycles. The topological polar surface area (TPSA) is 42.2 Å². The van der Waals surface area contributed by atoms with E-state index in [9.17, 15) is 4.39 Å². The fourth-order valence-corrected chi connectivity index (χ4v) is 4.61. The standard InChI is InChI=1S/C25H27ClFN3O/c1-30(2)25(20-9-13-22(27)14-10-20)19-7-3-18(4-8-19)16-24-28-23(29-31-24)15-17-5-11-21(26)12-6-17/h5-6,9-14,16,19,25H,3-4,7-8,15H2,1-2H3. The summed E-state index contributed by atoms with van der Waals surface area (Å²) in [5.41, 5.74) is 3.61. The fraction of sp³-hybridized carbons (Fsp3) is 0.360. The van der Waals surface area contributed by atoms with Gasteiger partial charge in [0, 0.05) is 23.6 Å². The molecule has 0 aliphatic heterocycles. The Hall–Kier alpha value is -2.50. The lowest BCUT2D eigenvalue weighted by atomic mass is 9.78. The van der Waals surface area contributed by atoms with Gasteiger partial charge < -0.3 is 9.42 Å². The normalized spacial score (nSPS) is 17.7. The van der Waals surface area contributed by atoms with Crippen LogP contribution in [0.4, 0.5) is 4.39 Å². The molecule has 1 fully saturated rings. The van der Waals surface area contributed by atoms with E-state index in [1.54, 1.807) is 12.1 Å². The van der Waals surface area contributed by atoms with E-state index in [1.807, 2.05) is 42.5 Å². The van der Waals surface area contributed by atoms with Crippen LogP contribution in [0.3, 0.4) is 0 Å². The van der Waals surface area contributed by atoms with E-state index < -0.39 is 0 Å². The van der Waals surface area contributed by atoms with Gasteiger partial charge in [0.25, 0.3) is 5.89 Å². The van der Waals surface area contributed by atoms with Gasteiger partial charge in [-0.3, -0.25) is 0 Å². The van der Waals surface area contributed by atoms with E-state index in [1.165, 1.54) is 11.1 Å². The molecular formula is C25H27ClFN3O. The number of hydrogen-bond acceptors (Lipinski definition) is 4. The molecule has 1 aliphatic carbocycles. The lowest BCUT2D eigenvalue weighted by Crippen LogP contribution is -2.29. The number of rotatable bonds is 6. The summed E-state index contributed by atoms with van der Waals surface area (Å²) in [5.74, 6) is 1.58. The Morgan fingerprint density at radius 1 is 1.10 bits per heavy atom. The Morgan fingerprint density at radius 3 is 2.42 bits per heavy atom. The first-order valence-corrected chi connectivity index (χ1v) is 11.0. The van der Waals surface area contributed by atoms with Gasteiger partial charge in [0.1, 0.15) is 5.82 Å². The minimum atomic E-state index is -0.190. The second-order valence-corrected chi connectivity index (χ2v) is 8.89. The molecule has 2 aromatic carbocycles. The van der Waals surface area contributed by atoms with E-state index in [4.69, 9.17) is 16.1 Å². The fourth-order valence-electron chi connectivity index (χ4n) is 4.48. The third kappa shape index (κ3) is 5.60. The highest BCUT2D eigenvalue weighted by molar-refractivity contribution is 6.30. The highest BCUT2D eigenvalue weighted by atomic mass is 35.5. The molecule has 0 spiro atoms. The minimum Gasteiger partial charge on any atom is -0.335 e. The van der Waals surface area contributed by atoms with Crippen LogP contribution in [0.25, 0.3) is 6.08 Å². The number of benzene rings is 2. The van der Waals surface area contributed by atoms with Crippen LogP contribution in [0, 0.1) is 11.7 Å². The summed E-state index contributed by atoms with van der Waals surface area (Å²) >= 11 is 5.94. The van der Waals surface area contributed by atoms with Crippen molar-refractivity contribution in [1.29, 1.82) is 0 Å². The first-order valence-electron chi connectivity index (χ1n) is 10.7. The SMILES string of the molecule is CN(C)C(c1ccc(F)cc1)C1CCC(=Cc2nc(Cc3ccc(Cl)cc3)no2)CC1. The van der Waals surface area contributed by atoms with Crippen LogP contribution < -0.4 is 0 Å². The van der Waals surface area contributed by atoms with Gasteiger partial charge in [-0.15, -0.1) is 0 Å². The molecule has 4 nitrogen and oxygen atoms in total. The molecule has 4 rings (SSSR count). The molecular weight excluding hydrogens is 413 g/mol. The molecule has 1 atom stereocenters. The van der Waals surface area contributed by atoms with Crippen molar-refractivity contribution in [3.8, 4) is 0 Å². The van der Waals surface area contributed by atoms with E-state index in [-0.39, 0.29) is 11.9 Å². The Labute approximate surface area is 187 Å². The predicted octanol–water partition coefficient (Wildman–Crippen LogP) is 6.33. The maximum absolute atomic E-state index is 13.3. The van der Waals surface area contributed by atoms with Gasteiger partial charge in [0.2, 0.25) is 0 Å². The Bertz CT molecular complexity index is 1020. The molecule has 1 saturated carbocycles. The summed E-state index contributed by atoms with van der Waals surface area (Å²) in [5, 5.41) is 4.83. The summed E-state index contributed by atoms with van der Waals surface area (Å²) in [7, 11) is 4.19. The molecule has 1 heterocycles. The van der Waals surface area contributed by atoms with E-state index >= 15 is 0 Å². The van der Waals surface area contributed by atoms with Gasteiger partial charge in [-0.05, 0) is 81.1 Å². The zero-order valence-corrected chi connectivity index (χ0v) is 18.6. The zero-order chi connectivity index (χ0) is 21.8. The van der Waals surface area contributed by atoms with E-state index in [0.29, 0.717) is 29.1 Å². The Morgan fingerprint density at radius 2 is 1.77 bits per heavy atom. The number of nitrogens with zero attached hydrogens (tertiary/aromatic N) is 3. The van der Waals surface area contributed by atoms with Crippen molar-refractivity contribution < 1.29 is 8.91 Å². The van der Waals surface area contributed by atoms with E-state index in [0.717, 1.165) is 31.2 Å². The van der Waals surface area contributed by atoms with Crippen LogP contribution in [0.2, 0.25) is 5.02 Å². The third-order valence-corrected chi connectivity index (χ3v) is 6.23. The average molecular weight is 440 g/mol. The van der Waals surface area contributed by atoms with Crippen molar-refractivity contribution in [3.63, 3.8) is 0 Å². The number of hydrogen-bond donors (Lipinski definition) is 0. The van der Waals surface area contributed by atoms with Crippen LogP contribution in [-0.4, -0.2) is 29.1 Å². The van der Waals surface area contributed by atoms with Gasteiger partial charge in [-0.1, -0.05) is 46.6 Å². The largest absolute Gasteiger partial charge is 0.335 e. The molecule has 6 heteroatoms. The summed E-state index contributed by atoms with van der Waals surface area (Å²) in [6, 6.07) is 14.9. The monoisotopic (exact) mass is 439 g/mol. The molecule has 0 amide bonds. The van der Waals surface area contributed by atoms with Crippen LogP contribution in [-0.2, 0) is 6.42 Å². The second kappa shape index (κ2) is 9.75. The van der Waals surface area contributed by atoms with Gasteiger partial charge in [0.05, 0.1) is 0 Å². The average Bonchev–Trinajstić information content (AvgIpc) is 3.19. The second-order valence-electron chi connectivity index (χ2n) is 8.45. The summed E-state index contributed by atoms with van der Waals surface area (Å²) < 4.78 is 18.8. The number of allylic oxidation sites excluding steroid dienone is 1. The smallest absolute Gasteiger partial charge is 0.250 e. The van der Waals surface area contributed by atoms with Crippen molar-refractivity contribution in [2.45, 2.75) is 38.1 Å². The Balaban J connectivity index is 1.38. The molecule has 0 radical (unpaired) electrons. The van der Waals surface area contributed by atoms with Crippen molar-refractivity contribution in [2.75, 3.05) is 14.1 Å². The van der Waals surface area contributed by atoms with Crippen LogP contribution in [0.5, 0.6) is 0 Å². The summed E-state index contributed by atoms with van der Waals surface area (Å²) in [6.45, 7) is 0. The van der Waals surface area contributed by atoms with Gasteiger partial charge in [-0.25, -0.2) is 4.39 Å². The maximum atomic E-state index is 13.3. The van der Waals surface area contributed by atoms with Crippen molar-refractivity contribution in [3.05, 3.63) is 87.8 Å². The van der Waals surface area contributed by atoms with Gasteiger partial charge in [-0.2, -0.15) is 4.98 Å². The van der Waals surface area contributed by atoms with Gasteiger partial charge in [0.15, 0.2) is 5.82 Å². The molecule has 0 saturated heterocycles. The highest BCUT2D eigenvalue weighted by Crippen LogP contribution is 2.39. The van der Waals surface area contributed by atoms with Crippen LogP contribution in [0.1, 0.15) is 54.6 Å². The van der Waals surface area contributed by atoms with Crippen molar-refractivity contribution in [1.82, 2.24) is 15.0 Å². The van der Waals surface area contributed by atoms with E-state index in [2.05, 4.69) is 29.1 Å². The predicted molar refractivity (Wildman–Crippen MR) is 121 cm³/mol. The minimum absolute atomic E-state index is 0.190. The molecule has 1 aliphatic rings. The zero-order valence-electron chi connectivity index (χ0n) is 17.9. The molecule has 0 bridgehead atoms. The summed E-state index contributed by atoms with van der Waals surface area (Å²) in [6.07, 6.45) is 6.83. The lowest BCUT2D eigenvalue weighted by Gasteiger charge is -2.36. The molecule has 0 N–H and O–H groups in total. The van der Waals surface area contributed by atoms with Gasteiger partial charge >= 0.3 is 0 Å². The molecule has 3 aromatic rings. The summed E-state index contributed by atoms with van der Waals surface area (Å²) in [4.78, 5) is 6.77. The van der Waals surface area contributed by atoms with Crippen molar-refractivity contribution >= 4 is 17.7 Å². The van der Waals surface area contributed by atoms with Crippen molar-refractivity contribution in [2.24, 2.45) is 5.92 Å². The lowest BCUT2D eigenvalue weighted by molar-refractivity contribution is 0.183. The molecule has 31 heavy (non-hydrogen) atoms. The quantitative estimate of drug-likeness (QED) is 0.450. The maximum Gasteiger partial charge on any atom is 0.250 e. The first kappa shape index (κ1) is 21.7. The molecule has 1 unspecified atom stereocenters. The molecule has 162 valence electrons. The first-order chi connectivity index (χ1) is 15.0. The number of aromatic nitrogens is 2. The van der Waals surface area contributed by atoms with Crippen LogP contribution in [0.15, 0.2) is 58.6 Å². The third-order valence-electron chi connectivity index (χ3n) is 5.97. The highest BCUT2D eigenvalue weighted by Gasteiger charge is 2.28. The van der Waals surface area contributed by atoms with Crippen LogP contribution >= 0.6 is 11.6 Å². The Kier molecular flexibility index (Phi) is 6.83.